The monoisotopic (exact) mass is 220 g/mol. The molecule has 0 heterocycles. The summed E-state index contributed by atoms with van der Waals surface area (Å²) in [6.45, 7) is 5.67. The lowest BCUT2D eigenvalue weighted by molar-refractivity contribution is 0.0947. The Labute approximate surface area is 97.2 Å². The van der Waals surface area contributed by atoms with E-state index >= 15 is 0 Å². The quantitative estimate of drug-likeness (QED) is 0.791. The number of hydrogen-bond donors (Lipinski definition) is 2. The van der Waals surface area contributed by atoms with Gasteiger partial charge in [-0.05, 0) is 38.1 Å². The lowest BCUT2D eigenvalue weighted by Gasteiger charge is -2.12. The Morgan fingerprint density at radius 1 is 1.31 bits per heavy atom. The maximum Gasteiger partial charge on any atom is 0.251 e. The molecule has 1 aromatic rings. The molecule has 2 N–H and O–H groups in total. The van der Waals surface area contributed by atoms with Crippen LogP contribution < -0.4 is 10.6 Å². The van der Waals surface area contributed by atoms with Crippen molar-refractivity contribution in [3.05, 3.63) is 35.4 Å². The fourth-order valence-corrected chi connectivity index (χ4v) is 1.61. The minimum atomic E-state index is 0.0149. The molecule has 0 saturated carbocycles. The van der Waals surface area contributed by atoms with E-state index in [4.69, 9.17) is 0 Å². The highest BCUT2D eigenvalue weighted by Crippen LogP contribution is 2.06. The van der Waals surface area contributed by atoms with Gasteiger partial charge in [0.15, 0.2) is 0 Å². The number of amides is 1. The van der Waals surface area contributed by atoms with E-state index in [1.54, 1.807) is 0 Å². The molecule has 1 atom stereocenters. The summed E-state index contributed by atoms with van der Waals surface area (Å²) < 4.78 is 0. The zero-order chi connectivity index (χ0) is 12.0. The molecule has 3 heteroatoms. The number of carbonyl (C=O) groups excluding carboxylic acids is 1. The molecule has 0 aliphatic heterocycles. The van der Waals surface area contributed by atoms with Gasteiger partial charge in [0, 0.05) is 12.1 Å². The van der Waals surface area contributed by atoms with Crippen LogP contribution in [0.15, 0.2) is 24.3 Å². The molecule has 3 nitrogen and oxygen atoms in total. The number of benzene rings is 1. The van der Waals surface area contributed by atoms with Crippen LogP contribution in [0.3, 0.4) is 0 Å². The molecule has 88 valence electrons. The molecule has 0 saturated heterocycles. The van der Waals surface area contributed by atoms with Gasteiger partial charge >= 0.3 is 0 Å². The molecule has 0 aliphatic carbocycles. The Balaban J connectivity index is 2.50. The molecule has 0 aromatic heterocycles. The van der Waals surface area contributed by atoms with Gasteiger partial charge in [0.25, 0.3) is 5.91 Å². The van der Waals surface area contributed by atoms with Crippen molar-refractivity contribution in [1.29, 1.82) is 0 Å². The van der Waals surface area contributed by atoms with Gasteiger partial charge in [0.05, 0.1) is 0 Å². The van der Waals surface area contributed by atoms with Crippen LogP contribution in [-0.4, -0.2) is 26.0 Å². The van der Waals surface area contributed by atoms with Crippen molar-refractivity contribution in [1.82, 2.24) is 10.6 Å². The third-order valence-electron chi connectivity index (χ3n) is 2.55. The Morgan fingerprint density at radius 3 is 2.62 bits per heavy atom. The minimum absolute atomic E-state index is 0.0149. The highest BCUT2D eigenvalue weighted by Gasteiger charge is 2.08. The van der Waals surface area contributed by atoms with Gasteiger partial charge in [-0.25, -0.2) is 0 Å². The topological polar surface area (TPSA) is 41.1 Å². The Hall–Kier alpha value is -1.35. The predicted octanol–water partition coefficient (Wildman–Crippen LogP) is 1.58. The van der Waals surface area contributed by atoms with Crippen LogP contribution in [0.1, 0.15) is 22.8 Å². The van der Waals surface area contributed by atoms with Crippen molar-refractivity contribution in [2.24, 2.45) is 5.92 Å². The summed E-state index contributed by atoms with van der Waals surface area (Å²) in [5, 5.41) is 6.04. The van der Waals surface area contributed by atoms with E-state index in [-0.39, 0.29) is 5.91 Å². The Morgan fingerprint density at radius 2 is 2.00 bits per heavy atom. The van der Waals surface area contributed by atoms with Gasteiger partial charge < -0.3 is 10.6 Å². The van der Waals surface area contributed by atoms with Gasteiger partial charge in [-0.3, -0.25) is 4.79 Å². The molecule has 0 spiro atoms. The van der Waals surface area contributed by atoms with Gasteiger partial charge in [-0.2, -0.15) is 0 Å². The summed E-state index contributed by atoms with van der Waals surface area (Å²) in [5.41, 5.74) is 1.78. The molecular weight excluding hydrogens is 200 g/mol. The van der Waals surface area contributed by atoms with E-state index in [0.717, 1.165) is 17.7 Å². The summed E-state index contributed by atoms with van der Waals surface area (Å²) in [6.07, 6.45) is 0. The van der Waals surface area contributed by atoms with E-state index in [9.17, 15) is 4.79 Å². The average molecular weight is 220 g/mol. The summed E-state index contributed by atoms with van der Waals surface area (Å²) in [6, 6.07) is 7.63. The first-order chi connectivity index (χ1) is 7.65. The summed E-state index contributed by atoms with van der Waals surface area (Å²) >= 11 is 0. The molecule has 0 bridgehead atoms. The number of aryl methyl sites for hydroxylation is 1. The third-order valence-corrected chi connectivity index (χ3v) is 2.55. The molecular formula is C13H20N2O. The largest absolute Gasteiger partial charge is 0.352 e. The number of rotatable bonds is 5. The van der Waals surface area contributed by atoms with Crippen molar-refractivity contribution in [3.63, 3.8) is 0 Å². The lowest BCUT2D eigenvalue weighted by Crippen LogP contribution is -2.32. The summed E-state index contributed by atoms with van der Waals surface area (Å²) in [5.74, 6) is 0.457. The predicted molar refractivity (Wildman–Crippen MR) is 66.6 cm³/mol. The van der Waals surface area contributed by atoms with Gasteiger partial charge in [0.2, 0.25) is 0 Å². The van der Waals surface area contributed by atoms with Crippen molar-refractivity contribution < 1.29 is 4.79 Å². The van der Waals surface area contributed by atoms with Crippen LogP contribution in [0.4, 0.5) is 0 Å². The first kappa shape index (κ1) is 12.7. The van der Waals surface area contributed by atoms with Crippen LogP contribution in [0.5, 0.6) is 0 Å². The van der Waals surface area contributed by atoms with Crippen LogP contribution in [0.2, 0.25) is 0 Å². The maximum absolute atomic E-state index is 11.8. The SMILES string of the molecule is CNC[C@H](C)CNC(=O)c1ccccc1C. The van der Waals surface area contributed by atoms with Crippen LogP contribution in [0.25, 0.3) is 0 Å². The zero-order valence-corrected chi connectivity index (χ0v) is 10.2. The zero-order valence-electron chi connectivity index (χ0n) is 10.2. The van der Waals surface area contributed by atoms with Gasteiger partial charge in [0.1, 0.15) is 0 Å². The lowest BCUT2D eigenvalue weighted by atomic mass is 10.1. The van der Waals surface area contributed by atoms with E-state index in [2.05, 4.69) is 17.6 Å². The average Bonchev–Trinajstić information content (AvgIpc) is 2.27. The van der Waals surface area contributed by atoms with Crippen molar-refractivity contribution in [2.45, 2.75) is 13.8 Å². The smallest absolute Gasteiger partial charge is 0.251 e. The highest BCUT2D eigenvalue weighted by atomic mass is 16.1. The van der Waals surface area contributed by atoms with Crippen molar-refractivity contribution >= 4 is 5.91 Å². The molecule has 1 aromatic carbocycles. The van der Waals surface area contributed by atoms with E-state index in [1.165, 1.54) is 0 Å². The number of nitrogens with one attached hydrogen (secondary N) is 2. The van der Waals surface area contributed by atoms with Crippen molar-refractivity contribution in [3.8, 4) is 0 Å². The normalized spacial score (nSPS) is 12.2. The molecule has 16 heavy (non-hydrogen) atoms. The second kappa shape index (κ2) is 6.28. The molecule has 0 radical (unpaired) electrons. The number of hydrogen-bond acceptors (Lipinski definition) is 2. The maximum atomic E-state index is 11.8. The van der Waals surface area contributed by atoms with E-state index in [0.29, 0.717) is 12.5 Å². The summed E-state index contributed by atoms with van der Waals surface area (Å²) in [7, 11) is 1.92. The molecule has 1 rings (SSSR count). The second-order valence-corrected chi connectivity index (χ2v) is 4.19. The molecule has 0 fully saturated rings. The number of carbonyl (C=O) groups is 1. The van der Waals surface area contributed by atoms with Crippen LogP contribution >= 0.6 is 0 Å². The Bertz CT molecular complexity index is 350. The summed E-state index contributed by atoms with van der Waals surface area (Å²) in [4.78, 5) is 11.8. The molecule has 0 unspecified atom stereocenters. The van der Waals surface area contributed by atoms with Crippen molar-refractivity contribution in [2.75, 3.05) is 20.1 Å². The molecule has 0 aliphatic rings. The fraction of sp³-hybridized carbons (Fsp3) is 0.462. The fourth-order valence-electron chi connectivity index (χ4n) is 1.61. The first-order valence-corrected chi connectivity index (χ1v) is 5.63. The van der Waals surface area contributed by atoms with Crippen LogP contribution in [0, 0.1) is 12.8 Å². The second-order valence-electron chi connectivity index (χ2n) is 4.19. The first-order valence-electron chi connectivity index (χ1n) is 5.63. The highest BCUT2D eigenvalue weighted by molar-refractivity contribution is 5.95. The third kappa shape index (κ3) is 3.66. The van der Waals surface area contributed by atoms with E-state index < -0.39 is 0 Å². The van der Waals surface area contributed by atoms with Gasteiger partial charge in [-0.15, -0.1) is 0 Å². The van der Waals surface area contributed by atoms with Gasteiger partial charge in [-0.1, -0.05) is 25.1 Å². The molecule has 1 amide bonds. The van der Waals surface area contributed by atoms with Crippen LogP contribution in [-0.2, 0) is 0 Å². The minimum Gasteiger partial charge on any atom is -0.352 e. The Kier molecular flexibility index (Phi) is 4.99. The standard InChI is InChI=1S/C13H20N2O/c1-10(8-14-3)9-15-13(16)12-7-5-4-6-11(12)2/h4-7,10,14H,8-9H2,1-3H3,(H,15,16)/t10-/m0/s1. The van der Waals surface area contributed by atoms with E-state index in [1.807, 2.05) is 38.2 Å².